The largest absolute Gasteiger partial charge is 0.387 e. The van der Waals surface area contributed by atoms with Crippen molar-refractivity contribution in [2.24, 2.45) is 0 Å². The van der Waals surface area contributed by atoms with Gasteiger partial charge in [-0.05, 0) is 50.3 Å². The smallest absolute Gasteiger partial charge is 0.0755 e. The lowest BCUT2D eigenvalue weighted by Crippen LogP contribution is -2.00. The summed E-state index contributed by atoms with van der Waals surface area (Å²) in [5, 5.41) is 4.67. The molecule has 1 aliphatic rings. The molecule has 0 aliphatic heterocycles. The number of hydrogen-bond acceptors (Lipinski definition) is 2. The van der Waals surface area contributed by atoms with E-state index in [0.29, 0.717) is 0 Å². The van der Waals surface area contributed by atoms with Crippen molar-refractivity contribution in [3.8, 4) is 0 Å². The van der Waals surface area contributed by atoms with Gasteiger partial charge < -0.3 is 5.32 Å². The number of fused-ring (bicyclic) bond motifs is 2. The van der Waals surface area contributed by atoms with Gasteiger partial charge in [-0.15, -0.1) is 0 Å². The van der Waals surface area contributed by atoms with E-state index in [1.54, 1.807) is 0 Å². The van der Waals surface area contributed by atoms with Crippen LogP contribution in [0.15, 0.2) is 12.1 Å². The topological polar surface area (TPSA) is 24.9 Å². The van der Waals surface area contributed by atoms with E-state index in [-0.39, 0.29) is 0 Å². The molecule has 1 heterocycles. The molecule has 0 spiro atoms. The second-order valence-electron chi connectivity index (χ2n) is 4.99. The highest BCUT2D eigenvalue weighted by atomic mass is 14.9. The Hall–Kier alpha value is -1.57. The summed E-state index contributed by atoms with van der Waals surface area (Å²) in [4.78, 5) is 4.86. The molecule has 88 valence electrons. The van der Waals surface area contributed by atoms with Crippen molar-refractivity contribution in [3.63, 3.8) is 0 Å². The molecule has 17 heavy (non-hydrogen) atoms. The second kappa shape index (κ2) is 3.73. The van der Waals surface area contributed by atoms with Crippen molar-refractivity contribution >= 4 is 16.6 Å². The lowest BCUT2D eigenvalue weighted by molar-refractivity contribution is 0.901. The van der Waals surface area contributed by atoms with Crippen LogP contribution in [0, 0.1) is 13.8 Å². The summed E-state index contributed by atoms with van der Waals surface area (Å²) in [7, 11) is 2.02. The van der Waals surface area contributed by atoms with Crippen LogP contribution in [-0.4, -0.2) is 12.0 Å². The van der Waals surface area contributed by atoms with Gasteiger partial charge in [0.15, 0.2) is 0 Å². The van der Waals surface area contributed by atoms with Gasteiger partial charge in [0, 0.05) is 23.8 Å². The summed E-state index contributed by atoms with van der Waals surface area (Å²) in [5.74, 6) is 0. The van der Waals surface area contributed by atoms with Crippen molar-refractivity contribution in [1.82, 2.24) is 4.98 Å². The van der Waals surface area contributed by atoms with E-state index in [0.717, 1.165) is 6.42 Å². The zero-order valence-electron chi connectivity index (χ0n) is 10.7. The predicted octanol–water partition coefficient (Wildman–Crippen LogP) is 3.38. The molecule has 3 rings (SSSR count). The fourth-order valence-corrected chi connectivity index (χ4v) is 3.00. The normalized spacial score (nSPS) is 14.1. The Labute approximate surface area is 102 Å². The van der Waals surface area contributed by atoms with E-state index in [4.69, 9.17) is 4.98 Å². The number of aryl methyl sites for hydroxylation is 3. The van der Waals surface area contributed by atoms with Gasteiger partial charge in [0.1, 0.15) is 0 Å². The highest BCUT2D eigenvalue weighted by Crippen LogP contribution is 2.35. The Balaban J connectivity index is 2.45. The van der Waals surface area contributed by atoms with E-state index in [2.05, 4.69) is 31.3 Å². The van der Waals surface area contributed by atoms with Gasteiger partial charge in [-0.1, -0.05) is 11.6 Å². The molecule has 1 aromatic carbocycles. The van der Waals surface area contributed by atoms with Crippen molar-refractivity contribution < 1.29 is 0 Å². The molecule has 0 atom stereocenters. The Morgan fingerprint density at radius 3 is 2.76 bits per heavy atom. The average Bonchev–Trinajstić information content (AvgIpc) is 2.74. The predicted molar refractivity (Wildman–Crippen MR) is 72.8 cm³/mol. The van der Waals surface area contributed by atoms with Gasteiger partial charge in [0.25, 0.3) is 0 Å². The molecule has 0 fully saturated rings. The lowest BCUT2D eigenvalue weighted by Gasteiger charge is -2.14. The molecule has 1 aromatic heterocycles. The van der Waals surface area contributed by atoms with E-state index in [1.807, 2.05) is 7.05 Å². The monoisotopic (exact) mass is 226 g/mol. The van der Waals surface area contributed by atoms with Crippen LogP contribution in [0.1, 0.15) is 28.8 Å². The molecule has 0 unspecified atom stereocenters. The summed E-state index contributed by atoms with van der Waals surface area (Å²) in [5.41, 5.74) is 7.80. The highest BCUT2D eigenvalue weighted by molar-refractivity contribution is 5.95. The first kappa shape index (κ1) is 10.6. The molecule has 1 aliphatic carbocycles. The second-order valence-corrected chi connectivity index (χ2v) is 4.99. The fraction of sp³-hybridized carbons (Fsp3) is 0.400. The van der Waals surface area contributed by atoms with Gasteiger partial charge in [0.2, 0.25) is 0 Å². The molecule has 2 heteroatoms. The van der Waals surface area contributed by atoms with Crippen molar-refractivity contribution in [3.05, 3.63) is 34.5 Å². The Morgan fingerprint density at radius 2 is 2.00 bits per heavy atom. The minimum atomic E-state index is 1.13. The minimum absolute atomic E-state index is 1.13. The molecule has 1 N–H and O–H groups in total. The fourth-order valence-electron chi connectivity index (χ4n) is 3.00. The molecule has 0 saturated heterocycles. The molecular formula is C15H18N2. The van der Waals surface area contributed by atoms with Crippen LogP contribution in [0.3, 0.4) is 0 Å². The molecule has 0 saturated carbocycles. The van der Waals surface area contributed by atoms with Crippen LogP contribution in [0.4, 0.5) is 5.69 Å². The van der Waals surface area contributed by atoms with Gasteiger partial charge >= 0.3 is 0 Å². The average molecular weight is 226 g/mol. The number of nitrogens with one attached hydrogen (secondary N) is 1. The van der Waals surface area contributed by atoms with Gasteiger partial charge in [-0.25, -0.2) is 0 Å². The van der Waals surface area contributed by atoms with Gasteiger partial charge in [-0.2, -0.15) is 0 Å². The first-order valence-corrected chi connectivity index (χ1v) is 6.31. The van der Waals surface area contributed by atoms with E-state index in [9.17, 15) is 0 Å². The number of pyridine rings is 1. The maximum absolute atomic E-state index is 4.86. The molecule has 2 aromatic rings. The first-order valence-electron chi connectivity index (χ1n) is 6.31. The number of aromatic nitrogens is 1. The van der Waals surface area contributed by atoms with Crippen molar-refractivity contribution in [2.45, 2.75) is 33.1 Å². The number of anilines is 1. The van der Waals surface area contributed by atoms with Gasteiger partial charge in [-0.3, -0.25) is 4.98 Å². The number of rotatable bonds is 1. The maximum atomic E-state index is 4.86. The first-order chi connectivity index (χ1) is 8.20. The van der Waals surface area contributed by atoms with Crippen LogP contribution in [0.5, 0.6) is 0 Å². The summed E-state index contributed by atoms with van der Waals surface area (Å²) in [6.45, 7) is 4.31. The third-order valence-corrected chi connectivity index (χ3v) is 3.70. The zero-order valence-corrected chi connectivity index (χ0v) is 10.7. The van der Waals surface area contributed by atoms with Crippen molar-refractivity contribution in [1.29, 1.82) is 0 Å². The standard InChI is InChI=1S/C15H18N2/c1-9-7-10(2)14-12(8-9)15(16-3)11-5-4-6-13(11)17-14/h7-8H,4-6H2,1-3H3,(H,16,17). The SMILES string of the molecule is CNc1c2c(nc3c(C)cc(C)cc13)CCC2. The van der Waals surface area contributed by atoms with E-state index < -0.39 is 0 Å². The van der Waals surface area contributed by atoms with Crippen LogP contribution < -0.4 is 5.32 Å². The molecular weight excluding hydrogens is 208 g/mol. The zero-order chi connectivity index (χ0) is 12.0. The Kier molecular flexibility index (Phi) is 2.32. The van der Waals surface area contributed by atoms with E-state index in [1.165, 1.54) is 51.8 Å². The highest BCUT2D eigenvalue weighted by Gasteiger charge is 2.19. The molecule has 0 bridgehead atoms. The van der Waals surface area contributed by atoms with Crippen LogP contribution in [-0.2, 0) is 12.8 Å². The summed E-state index contributed by atoms with van der Waals surface area (Å²) < 4.78 is 0. The Morgan fingerprint density at radius 1 is 1.18 bits per heavy atom. The van der Waals surface area contributed by atoms with Gasteiger partial charge in [0.05, 0.1) is 5.52 Å². The lowest BCUT2D eigenvalue weighted by atomic mass is 10.0. The third-order valence-electron chi connectivity index (χ3n) is 3.70. The third kappa shape index (κ3) is 1.51. The van der Waals surface area contributed by atoms with Crippen molar-refractivity contribution in [2.75, 3.05) is 12.4 Å². The summed E-state index contributed by atoms with van der Waals surface area (Å²) in [6.07, 6.45) is 3.54. The molecule has 0 radical (unpaired) electrons. The minimum Gasteiger partial charge on any atom is -0.387 e. The number of benzene rings is 1. The summed E-state index contributed by atoms with van der Waals surface area (Å²) >= 11 is 0. The number of nitrogens with zero attached hydrogens (tertiary/aromatic N) is 1. The van der Waals surface area contributed by atoms with Crippen LogP contribution in [0.25, 0.3) is 10.9 Å². The maximum Gasteiger partial charge on any atom is 0.0755 e. The molecule has 2 nitrogen and oxygen atoms in total. The number of hydrogen-bond donors (Lipinski definition) is 1. The van der Waals surface area contributed by atoms with Crippen LogP contribution >= 0.6 is 0 Å². The molecule has 0 amide bonds. The summed E-state index contributed by atoms with van der Waals surface area (Å²) in [6, 6.07) is 4.47. The van der Waals surface area contributed by atoms with Crippen LogP contribution in [0.2, 0.25) is 0 Å². The Bertz CT molecular complexity index is 600. The quantitative estimate of drug-likeness (QED) is 0.806. The van der Waals surface area contributed by atoms with E-state index >= 15 is 0 Å².